The zero-order chi connectivity index (χ0) is 19.6. The number of hydrogen-bond donors (Lipinski definition) is 0. The van der Waals surface area contributed by atoms with Crippen LogP contribution in [0.25, 0.3) is 43.6 Å². The number of rotatable bonds is 2. The number of halogens is 1. The molecule has 0 saturated heterocycles. The number of nitrogens with zero attached hydrogens (tertiary/aromatic N) is 2. The summed E-state index contributed by atoms with van der Waals surface area (Å²) in [4.78, 5) is 0. The van der Waals surface area contributed by atoms with Gasteiger partial charge in [0.2, 0.25) is 0 Å². The first kappa shape index (κ1) is 16.6. The van der Waals surface area contributed by atoms with Crippen LogP contribution in [0.5, 0.6) is 0 Å². The number of hydrogen-bond acceptors (Lipinski definition) is 0. The summed E-state index contributed by atoms with van der Waals surface area (Å²) in [5.74, 6) is 0. The van der Waals surface area contributed by atoms with Crippen LogP contribution in [0.3, 0.4) is 0 Å². The molecule has 0 N–H and O–H groups in total. The number of para-hydroxylation sites is 4. The van der Waals surface area contributed by atoms with Crippen LogP contribution >= 0.6 is 0 Å². The van der Waals surface area contributed by atoms with Gasteiger partial charge < -0.3 is 8.47 Å². The smallest absolute Gasteiger partial charge is 0.324 e. The van der Waals surface area contributed by atoms with Gasteiger partial charge in [0, 0.05) is 43.6 Å². The molecule has 2 aromatic heterocycles. The molecule has 0 aliphatic heterocycles. The molecule has 2 heterocycles. The molecule has 0 fully saturated rings. The Labute approximate surface area is 168 Å². The van der Waals surface area contributed by atoms with Crippen molar-refractivity contribution in [1.82, 2.24) is 8.47 Å². The second-order valence-electron chi connectivity index (χ2n) is 7.64. The van der Waals surface area contributed by atoms with Gasteiger partial charge in [-0.25, -0.2) is 0 Å². The highest BCUT2D eigenvalue weighted by Crippen LogP contribution is 2.37. The third-order valence-corrected chi connectivity index (χ3v) is 8.57. The molecule has 2 nitrogen and oxygen atoms in total. The van der Waals surface area contributed by atoms with Gasteiger partial charge in [0.25, 0.3) is 0 Å². The summed E-state index contributed by atoms with van der Waals surface area (Å²) in [6.07, 6.45) is 0. The predicted molar refractivity (Wildman–Crippen MR) is 122 cm³/mol. The van der Waals surface area contributed by atoms with Gasteiger partial charge in [-0.3, -0.25) is 4.11 Å². The maximum absolute atomic E-state index is 17.2. The Hall–Kier alpha value is -3.37. The number of fused-ring (bicyclic) bond motifs is 6. The van der Waals surface area contributed by atoms with Crippen LogP contribution in [0.1, 0.15) is 0 Å². The van der Waals surface area contributed by atoms with Crippen molar-refractivity contribution < 1.29 is 4.11 Å². The van der Waals surface area contributed by atoms with Gasteiger partial charge in [0.1, 0.15) is 0 Å². The monoisotopic (exact) mass is 394 g/mol. The molecule has 0 amide bonds. The Bertz CT molecular complexity index is 1320. The minimum Gasteiger partial charge on any atom is -0.324 e. The van der Waals surface area contributed by atoms with E-state index < -0.39 is 8.73 Å². The summed E-state index contributed by atoms with van der Waals surface area (Å²) in [7, 11) is -3.68. The SMILES string of the molecule is C[Si](F)(n1c2ccccc2c2ccccc21)n1c2ccccc2c2ccccc21. The lowest BCUT2D eigenvalue weighted by Gasteiger charge is -2.25. The highest BCUT2D eigenvalue weighted by Gasteiger charge is 2.39. The Kier molecular flexibility index (Phi) is 3.32. The van der Waals surface area contributed by atoms with Crippen molar-refractivity contribution in [2.45, 2.75) is 6.55 Å². The van der Waals surface area contributed by atoms with E-state index in [1.807, 2.05) is 81.3 Å². The van der Waals surface area contributed by atoms with Gasteiger partial charge in [-0.15, -0.1) is 0 Å². The summed E-state index contributed by atoms with van der Waals surface area (Å²) in [6, 6.07) is 32.6. The number of aromatic nitrogens is 2. The molecular weight excluding hydrogens is 375 g/mol. The van der Waals surface area contributed by atoms with Gasteiger partial charge >= 0.3 is 8.73 Å². The molecule has 6 rings (SSSR count). The second kappa shape index (κ2) is 5.81. The van der Waals surface area contributed by atoms with E-state index in [0.717, 1.165) is 43.6 Å². The Morgan fingerprint density at radius 1 is 0.483 bits per heavy atom. The highest BCUT2D eigenvalue weighted by atomic mass is 28.4. The van der Waals surface area contributed by atoms with Gasteiger partial charge in [-0.1, -0.05) is 72.8 Å². The zero-order valence-electron chi connectivity index (χ0n) is 16.0. The van der Waals surface area contributed by atoms with E-state index in [0.29, 0.717) is 0 Å². The highest BCUT2D eigenvalue weighted by molar-refractivity contribution is 6.72. The van der Waals surface area contributed by atoms with E-state index in [2.05, 4.69) is 24.3 Å². The van der Waals surface area contributed by atoms with Gasteiger partial charge in [0.05, 0.1) is 0 Å². The fourth-order valence-electron chi connectivity index (χ4n) is 4.82. The normalized spacial score (nSPS) is 12.5. The molecule has 0 aliphatic rings. The maximum atomic E-state index is 17.2. The largest absolute Gasteiger partial charge is 0.466 e. The van der Waals surface area contributed by atoms with E-state index in [-0.39, 0.29) is 0 Å². The summed E-state index contributed by atoms with van der Waals surface area (Å²) in [6.45, 7) is 1.80. The molecule has 29 heavy (non-hydrogen) atoms. The lowest BCUT2D eigenvalue weighted by molar-refractivity contribution is 0.728. The average Bonchev–Trinajstić information content (AvgIpc) is 3.28. The van der Waals surface area contributed by atoms with Crippen molar-refractivity contribution in [3.8, 4) is 0 Å². The van der Waals surface area contributed by atoms with Gasteiger partial charge in [0.15, 0.2) is 0 Å². The molecule has 0 radical (unpaired) electrons. The maximum Gasteiger partial charge on any atom is 0.466 e. The van der Waals surface area contributed by atoms with E-state index in [4.69, 9.17) is 0 Å². The molecule has 6 aromatic rings. The van der Waals surface area contributed by atoms with E-state index in [1.54, 1.807) is 6.55 Å². The summed E-state index contributed by atoms with van der Waals surface area (Å²) >= 11 is 0. The Morgan fingerprint density at radius 2 is 0.724 bits per heavy atom. The quantitative estimate of drug-likeness (QED) is 0.225. The van der Waals surface area contributed by atoms with E-state index in [9.17, 15) is 0 Å². The van der Waals surface area contributed by atoms with Crippen molar-refractivity contribution in [1.29, 1.82) is 0 Å². The van der Waals surface area contributed by atoms with Crippen molar-refractivity contribution in [2.24, 2.45) is 0 Å². The molecule has 0 spiro atoms. The summed E-state index contributed by atoms with van der Waals surface area (Å²) < 4.78 is 21.1. The molecule has 0 bridgehead atoms. The molecule has 0 saturated carbocycles. The standard InChI is InChI=1S/C25H19FN2Si/c1-29(26,27-22-14-6-2-10-18(22)19-11-3-7-15-23(19)27)28-24-16-8-4-12-20(24)21-13-5-9-17-25(21)28/h2-17H,1H3. The van der Waals surface area contributed by atoms with Crippen LogP contribution in [0.15, 0.2) is 97.1 Å². The second-order valence-corrected chi connectivity index (χ2v) is 10.3. The topological polar surface area (TPSA) is 9.86 Å². The predicted octanol–water partition coefficient (Wildman–Crippen LogP) is 6.84. The molecule has 4 heteroatoms. The fourth-order valence-corrected chi connectivity index (χ4v) is 7.56. The van der Waals surface area contributed by atoms with Crippen LogP contribution in [0.2, 0.25) is 6.55 Å². The average molecular weight is 395 g/mol. The van der Waals surface area contributed by atoms with Crippen molar-refractivity contribution in [3.63, 3.8) is 0 Å². The van der Waals surface area contributed by atoms with Crippen LogP contribution in [-0.4, -0.2) is 17.2 Å². The summed E-state index contributed by atoms with van der Waals surface area (Å²) in [5, 5.41) is 4.39. The molecule has 140 valence electrons. The van der Waals surface area contributed by atoms with Crippen LogP contribution in [0.4, 0.5) is 4.11 Å². The van der Waals surface area contributed by atoms with Crippen molar-refractivity contribution in [3.05, 3.63) is 97.1 Å². The van der Waals surface area contributed by atoms with E-state index >= 15 is 4.11 Å². The van der Waals surface area contributed by atoms with Crippen LogP contribution < -0.4 is 0 Å². The third-order valence-electron chi connectivity index (χ3n) is 5.98. The van der Waals surface area contributed by atoms with Gasteiger partial charge in [-0.2, -0.15) is 0 Å². The first-order chi connectivity index (χ1) is 14.2. The Morgan fingerprint density at radius 3 is 1.00 bits per heavy atom. The minimum atomic E-state index is -3.68. The van der Waals surface area contributed by atoms with E-state index in [1.165, 1.54) is 0 Å². The van der Waals surface area contributed by atoms with Crippen molar-refractivity contribution in [2.75, 3.05) is 0 Å². The fraction of sp³-hybridized carbons (Fsp3) is 0.0400. The Balaban J connectivity index is 1.81. The molecular formula is C25H19FN2Si. The summed E-state index contributed by atoms with van der Waals surface area (Å²) in [5.41, 5.74) is 3.80. The lowest BCUT2D eigenvalue weighted by Crippen LogP contribution is -2.43. The molecule has 0 aliphatic carbocycles. The third kappa shape index (κ3) is 2.15. The lowest BCUT2D eigenvalue weighted by atomic mass is 10.2. The minimum absolute atomic E-state index is 0.951. The van der Waals surface area contributed by atoms with Crippen LogP contribution in [-0.2, 0) is 0 Å². The molecule has 0 unspecified atom stereocenters. The number of benzene rings is 4. The zero-order valence-corrected chi connectivity index (χ0v) is 17.0. The first-order valence-electron chi connectivity index (χ1n) is 9.84. The molecule has 0 atom stereocenters. The van der Waals surface area contributed by atoms with Gasteiger partial charge in [-0.05, 0) is 30.8 Å². The first-order valence-corrected chi connectivity index (χ1v) is 12.1. The molecule has 4 aromatic carbocycles. The van der Waals surface area contributed by atoms with Crippen molar-refractivity contribution >= 4 is 52.3 Å². The van der Waals surface area contributed by atoms with Crippen LogP contribution in [0, 0.1) is 0 Å².